The van der Waals surface area contributed by atoms with Crippen LogP contribution < -0.4 is 5.32 Å². The second-order valence-electron chi connectivity index (χ2n) is 6.03. The molecule has 27 heavy (non-hydrogen) atoms. The summed E-state index contributed by atoms with van der Waals surface area (Å²) in [4.78, 5) is 12.2. The Labute approximate surface area is 168 Å². The zero-order chi connectivity index (χ0) is 19.1. The largest absolute Gasteiger partial charge is 0.467 e. The number of amides is 1. The summed E-state index contributed by atoms with van der Waals surface area (Å²) in [7, 11) is 0. The first-order valence-electron chi connectivity index (χ1n) is 8.53. The Balaban J connectivity index is 1.49. The molecule has 0 aliphatic heterocycles. The van der Waals surface area contributed by atoms with Crippen LogP contribution in [0.2, 0.25) is 10.0 Å². The van der Waals surface area contributed by atoms with Gasteiger partial charge in [0.05, 0.1) is 22.9 Å². The van der Waals surface area contributed by atoms with Gasteiger partial charge in [-0.2, -0.15) is 0 Å². The van der Waals surface area contributed by atoms with Crippen LogP contribution in [-0.2, 0) is 29.2 Å². The van der Waals surface area contributed by atoms with Gasteiger partial charge in [0.1, 0.15) is 12.4 Å². The average molecular weight is 404 g/mol. The summed E-state index contributed by atoms with van der Waals surface area (Å²) in [6.45, 7) is 0.840. The molecule has 0 fully saturated rings. The molecule has 140 valence electrons. The molecule has 0 saturated carbocycles. The van der Waals surface area contributed by atoms with Crippen LogP contribution in [-0.4, -0.2) is 5.91 Å². The number of benzene rings is 2. The van der Waals surface area contributed by atoms with Crippen molar-refractivity contribution in [2.45, 2.75) is 26.1 Å². The Morgan fingerprint density at radius 3 is 2.70 bits per heavy atom. The third-order valence-electron chi connectivity index (χ3n) is 3.96. The molecule has 0 spiro atoms. The number of carbonyl (C=O) groups excluding carboxylic acids is 1. The van der Waals surface area contributed by atoms with Crippen molar-refractivity contribution in [3.05, 3.63) is 87.8 Å². The fourth-order valence-electron chi connectivity index (χ4n) is 2.62. The van der Waals surface area contributed by atoms with E-state index in [1.165, 1.54) is 0 Å². The van der Waals surface area contributed by atoms with Crippen molar-refractivity contribution < 1.29 is 13.9 Å². The molecular formula is C21H19Cl2NO3. The highest BCUT2D eigenvalue weighted by Gasteiger charge is 2.08. The summed E-state index contributed by atoms with van der Waals surface area (Å²) in [5.41, 5.74) is 2.56. The van der Waals surface area contributed by atoms with Crippen LogP contribution in [0.4, 0.5) is 5.69 Å². The van der Waals surface area contributed by atoms with Crippen molar-refractivity contribution in [2.24, 2.45) is 0 Å². The highest BCUT2D eigenvalue weighted by molar-refractivity contribution is 6.42. The number of hydrogen-bond acceptors (Lipinski definition) is 3. The zero-order valence-corrected chi connectivity index (χ0v) is 16.1. The number of hydrogen-bond donors (Lipinski definition) is 1. The van der Waals surface area contributed by atoms with E-state index in [1.54, 1.807) is 12.3 Å². The SMILES string of the molecule is O=C(CCc1cccc(Cl)c1Cl)Nc1cccc(COCc2ccco2)c1. The smallest absolute Gasteiger partial charge is 0.224 e. The van der Waals surface area contributed by atoms with Gasteiger partial charge in [-0.05, 0) is 47.9 Å². The predicted molar refractivity (Wildman–Crippen MR) is 107 cm³/mol. The Morgan fingerprint density at radius 2 is 1.89 bits per heavy atom. The van der Waals surface area contributed by atoms with E-state index in [2.05, 4.69) is 5.32 Å². The summed E-state index contributed by atoms with van der Waals surface area (Å²) >= 11 is 12.2. The van der Waals surface area contributed by atoms with Crippen molar-refractivity contribution in [3.63, 3.8) is 0 Å². The maximum atomic E-state index is 12.2. The van der Waals surface area contributed by atoms with Crippen LogP contribution in [0.15, 0.2) is 65.3 Å². The lowest BCUT2D eigenvalue weighted by Gasteiger charge is -2.09. The van der Waals surface area contributed by atoms with E-state index in [0.717, 1.165) is 22.6 Å². The zero-order valence-electron chi connectivity index (χ0n) is 14.6. The van der Waals surface area contributed by atoms with Crippen molar-refractivity contribution in [2.75, 3.05) is 5.32 Å². The second kappa shape index (κ2) is 9.60. The standard InChI is InChI=1S/C21H19Cl2NO3/c22-19-8-2-5-16(21(19)23)9-10-20(25)24-17-6-1-4-15(12-17)13-26-14-18-7-3-11-27-18/h1-8,11-12H,9-10,13-14H2,(H,24,25). The molecule has 0 atom stereocenters. The van der Waals surface area contributed by atoms with Gasteiger partial charge in [0.2, 0.25) is 5.91 Å². The quantitative estimate of drug-likeness (QED) is 0.511. The molecule has 0 aliphatic carbocycles. The van der Waals surface area contributed by atoms with Crippen molar-refractivity contribution in [3.8, 4) is 0 Å². The maximum absolute atomic E-state index is 12.2. The lowest BCUT2D eigenvalue weighted by atomic mass is 10.1. The van der Waals surface area contributed by atoms with E-state index in [9.17, 15) is 4.79 Å². The molecule has 1 aromatic heterocycles. The average Bonchev–Trinajstić information content (AvgIpc) is 3.17. The first-order chi connectivity index (χ1) is 13.1. The number of halogens is 2. The van der Waals surface area contributed by atoms with Crippen LogP contribution in [0.3, 0.4) is 0 Å². The van der Waals surface area contributed by atoms with Gasteiger partial charge in [-0.3, -0.25) is 4.79 Å². The molecule has 6 heteroatoms. The minimum Gasteiger partial charge on any atom is -0.467 e. The molecule has 4 nitrogen and oxygen atoms in total. The maximum Gasteiger partial charge on any atom is 0.224 e. The van der Waals surface area contributed by atoms with Gasteiger partial charge < -0.3 is 14.5 Å². The molecule has 1 amide bonds. The number of rotatable bonds is 8. The van der Waals surface area contributed by atoms with Gasteiger partial charge in [0.25, 0.3) is 0 Å². The van der Waals surface area contributed by atoms with Crippen LogP contribution in [0.5, 0.6) is 0 Å². The van der Waals surface area contributed by atoms with Crippen LogP contribution in [0.1, 0.15) is 23.3 Å². The second-order valence-corrected chi connectivity index (χ2v) is 6.82. The number of ether oxygens (including phenoxy) is 1. The third-order valence-corrected chi connectivity index (χ3v) is 4.81. The van der Waals surface area contributed by atoms with Gasteiger partial charge in [-0.15, -0.1) is 0 Å². The van der Waals surface area contributed by atoms with E-state index in [-0.39, 0.29) is 5.91 Å². The highest BCUT2D eigenvalue weighted by Crippen LogP contribution is 2.26. The van der Waals surface area contributed by atoms with Gasteiger partial charge in [-0.1, -0.05) is 47.5 Å². The Hall–Kier alpha value is -2.27. The molecule has 3 aromatic rings. The van der Waals surface area contributed by atoms with Crippen LogP contribution >= 0.6 is 23.2 Å². The fraction of sp³-hybridized carbons (Fsp3) is 0.190. The Kier molecular flexibility index (Phi) is 6.93. The molecule has 0 radical (unpaired) electrons. The number of furan rings is 1. The topological polar surface area (TPSA) is 51.5 Å². The van der Waals surface area contributed by atoms with Gasteiger partial charge in [-0.25, -0.2) is 0 Å². The van der Waals surface area contributed by atoms with E-state index in [4.69, 9.17) is 32.4 Å². The van der Waals surface area contributed by atoms with Gasteiger partial charge in [0, 0.05) is 12.1 Å². The lowest BCUT2D eigenvalue weighted by molar-refractivity contribution is -0.116. The molecule has 0 unspecified atom stereocenters. The minimum atomic E-state index is -0.0836. The molecule has 2 aromatic carbocycles. The fourth-order valence-corrected chi connectivity index (χ4v) is 3.03. The van der Waals surface area contributed by atoms with E-state index >= 15 is 0 Å². The number of aryl methyl sites for hydroxylation is 1. The highest BCUT2D eigenvalue weighted by atomic mass is 35.5. The molecule has 1 heterocycles. The first-order valence-corrected chi connectivity index (χ1v) is 9.29. The Bertz CT molecular complexity index is 894. The predicted octanol–water partition coefficient (Wildman–Crippen LogP) is 5.87. The van der Waals surface area contributed by atoms with Crippen molar-refractivity contribution >= 4 is 34.8 Å². The van der Waals surface area contributed by atoms with Gasteiger partial charge >= 0.3 is 0 Å². The van der Waals surface area contributed by atoms with E-state index in [0.29, 0.717) is 36.1 Å². The van der Waals surface area contributed by atoms with Crippen molar-refractivity contribution in [1.29, 1.82) is 0 Å². The monoisotopic (exact) mass is 403 g/mol. The van der Waals surface area contributed by atoms with Crippen LogP contribution in [0.25, 0.3) is 0 Å². The Morgan fingerprint density at radius 1 is 1.04 bits per heavy atom. The molecule has 1 N–H and O–H groups in total. The summed E-state index contributed by atoms with van der Waals surface area (Å²) in [5, 5.41) is 3.90. The first kappa shape index (κ1) is 19.5. The summed E-state index contributed by atoms with van der Waals surface area (Å²) in [6, 6.07) is 16.7. The molecule has 3 rings (SSSR count). The summed E-state index contributed by atoms with van der Waals surface area (Å²) in [5.74, 6) is 0.693. The lowest BCUT2D eigenvalue weighted by Crippen LogP contribution is -2.12. The van der Waals surface area contributed by atoms with Crippen LogP contribution in [0, 0.1) is 0 Å². The molecular weight excluding hydrogens is 385 g/mol. The molecule has 0 saturated heterocycles. The molecule has 0 bridgehead atoms. The number of carbonyl (C=O) groups is 1. The van der Waals surface area contributed by atoms with Gasteiger partial charge in [0.15, 0.2) is 0 Å². The third kappa shape index (κ3) is 5.86. The number of anilines is 1. The summed E-state index contributed by atoms with van der Waals surface area (Å²) in [6.07, 6.45) is 2.46. The normalized spacial score (nSPS) is 10.7. The molecule has 0 aliphatic rings. The van der Waals surface area contributed by atoms with E-state index in [1.807, 2.05) is 48.5 Å². The van der Waals surface area contributed by atoms with E-state index < -0.39 is 0 Å². The van der Waals surface area contributed by atoms with Crippen molar-refractivity contribution in [1.82, 2.24) is 0 Å². The minimum absolute atomic E-state index is 0.0836. The number of nitrogens with one attached hydrogen (secondary N) is 1. The summed E-state index contributed by atoms with van der Waals surface area (Å²) < 4.78 is 10.8.